The number of hydrogen-bond acceptors (Lipinski definition) is 3. The first-order valence-electron chi connectivity index (χ1n) is 9.46. The van der Waals surface area contributed by atoms with Crippen LogP contribution in [-0.4, -0.2) is 42.9 Å². The second-order valence-corrected chi connectivity index (χ2v) is 8.08. The Labute approximate surface area is 171 Å². The SMILES string of the molecule is Cc1cccc(N2CCN(C(=O)C(C)(C)C(=O)Nc3ccccc3Cl)CC2)c1. The van der Waals surface area contributed by atoms with Crippen molar-refractivity contribution < 1.29 is 9.59 Å². The predicted molar refractivity (Wildman–Crippen MR) is 114 cm³/mol. The van der Waals surface area contributed by atoms with E-state index in [1.165, 1.54) is 11.3 Å². The maximum absolute atomic E-state index is 13.0. The highest BCUT2D eigenvalue weighted by Gasteiger charge is 2.40. The predicted octanol–water partition coefficient (Wildman–Crippen LogP) is 3.96. The zero-order valence-electron chi connectivity index (χ0n) is 16.5. The van der Waals surface area contributed by atoms with Crippen LogP contribution in [0.3, 0.4) is 0 Å². The minimum Gasteiger partial charge on any atom is -0.368 e. The normalized spacial score (nSPS) is 14.7. The summed E-state index contributed by atoms with van der Waals surface area (Å²) >= 11 is 6.12. The molecule has 2 aromatic carbocycles. The van der Waals surface area contributed by atoms with E-state index >= 15 is 0 Å². The lowest BCUT2D eigenvalue weighted by Crippen LogP contribution is -2.54. The van der Waals surface area contributed by atoms with Crippen molar-refractivity contribution in [1.29, 1.82) is 0 Å². The summed E-state index contributed by atoms with van der Waals surface area (Å²) in [7, 11) is 0. The van der Waals surface area contributed by atoms with E-state index in [-0.39, 0.29) is 11.8 Å². The molecule has 0 aromatic heterocycles. The molecule has 2 amide bonds. The van der Waals surface area contributed by atoms with Crippen molar-refractivity contribution in [3.8, 4) is 0 Å². The molecule has 5 nitrogen and oxygen atoms in total. The number of halogens is 1. The second kappa shape index (κ2) is 8.23. The number of carbonyl (C=O) groups is 2. The average molecular weight is 400 g/mol. The van der Waals surface area contributed by atoms with Crippen molar-refractivity contribution in [2.75, 3.05) is 36.4 Å². The van der Waals surface area contributed by atoms with E-state index in [4.69, 9.17) is 11.6 Å². The number of benzene rings is 2. The number of piperazine rings is 1. The van der Waals surface area contributed by atoms with E-state index in [2.05, 4.69) is 35.3 Å². The fourth-order valence-corrected chi connectivity index (χ4v) is 3.51. The fourth-order valence-electron chi connectivity index (χ4n) is 3.33. The molecule has 1 aliphatic rings. The van der Waals surface area contributed by atoms with Crippen LogP contribution < -0.4 is 10.2 Å². The van der Waals surface area contributed by atoms with Gasteiger partial charge in [0.25, 0.3) is 0 Å². The number of nitrogens with zero attached hydrogens (tertiary/aromatic N) is 2. The molecule has 0 saturated carbocycles. The Morgan fingerprint density at radius 2 is 1.68 bits per heavy atom. The standard InChI is InChI=1S/C22H26ClN3O2/c1-16-7-6-8-17(15-16)25-11-13-26(14-12-25)21(28)22(2,3)20(27)24-19-10-5-4-9-18(19)23/h4-10,15H,11-14H2,1-3H3,(H,24,27). The van der Waals surface area contributed by atoms with Crippen LogP contribution >= 0.6 is 11.6 Å². The lowest BCUT2D eigenvalue weighted by molar-refractivity contribution is -0.146. The van der Waals surface area contributed by atoms with Gasteiger partial charge in [-0.25, -0.2) is 0 Å². The Hall–Kier alpha value is -2.53. The molecule has 1 saturated heterocycles. The Morgan fingerprint density at radius 3 is 2.32 bits per heavy atom. The van der Waals surface area contributed by atoms with Gasteiger partial charge in [0.2, 0.25) is 11.8 Å². The van der Waals surface area contributed by atoms with Crippen LogP contribution in [0.1, 0.15) is 19.4 Å². The molecule has 2 aromatic rings. The van der Waals surface area contributed by atoms with Crippen molar-refractivity contribution in [2.45, 2.75) is 20.8 Å². The van der Waals surface area contributed by atoms with Crippen molar-refractivity contribution >= 4 is 34.8 Å². The molecule has 1 N–H and O–H groups in total. The van der Waals surface area contributed by atoms with Gasteiger partial charge < -0.3 is 15.1 Å². The lowest BCUT2D eigenvalue weighted by Gasteiger charge is -2.39. The van der Waals surface area contributed by atoms with Gasteiger partial charge in [0.05, 0.1) is 10.7 Å². The van der Waals surface area contributed by atoms with Crippen molar-refractivity contribution in [3.63, 3.8) is 0 Å². The average Bonchev–Trinajstić information content (AvgIpc) is 2.69. The monoisotopic (exact) mass is 399 g/mol. The van der Waals surface area contributed by atoms with Gasteiger partial charge in [-0.3, -0.25) is 9.59 Å². The molecule has 0 aliphatic carbocycles. The number of nitrogens with one attached hydrogen (secondary N) is 1. The van der Waals surface area contributed by atoms with Crippen LogP contribution in [-0.2, 0) is 9.59 Å². The second-order valence-electron chi connectivity index (χ2n) is 7.68. The zero-order valence-corrected chi connectivity index (χ0v) is 17.3. The fraction of sp³-hybridized carbons (Fsp3) is 0.364. The molecule has 28 heavy (non-hydrogen) atoms. The van der Waals surface area contributed by atoms with E-state index in [1.807, 2.05) is 6.07 Å². The minimum atomic E-state index is -1.18. The molecular weight excluding hydrogens is 374 g/mol. The van der Waals surface area contributed by atoms with Gasteiger partial charge in [-0.05, 0) is 50.6 Å². The molecule has 0 radical (unpaired) electrons. The molecule has 3 rings (SSSR count). The van der Waals surface area contributed by atoms with Gasteiger partial charge >= 0.3 is 0 Å². The summed E-state index contributed by atoms with van der Waals surface area (Å²) in [5.74, 6) is -0.521. The maximum Gasteiger partial charge on any atom is 0.239 e. The number of aryl methyl sites for hydroxylation is 1. The van der Waals surface area contributed by atoms with Crippen molar-refractivity contribution in [2.24, 2.45) is 5.41 Å². The Kier molecular flexibility index (Phi) is 5.94. The quantitative estimate of drug-likeness (QED) is 0.791. The zero-order chi connectivity index (χ0) is 20.3. The summed E-state index contributed by atoms with van der Waals surface area (Å²) in [5.41, 5.74) is 1.72. The third-order valence-electron chi connectivity index (χ3n) is 5.16. The Balaban J connectivity index is 1.63. The van der Waals surface area contributed by atoms with Gasteiger partial charge in [0.1, 0.15) is 5.41 Å². The summed E-state index contributed by atoms with van der Waals surface area (Å²) in [4.78, 5) is 29.9. The molecule has 1 fully saturated rings. The highest BCUT2D eigenvalue weighted by molar-refractivity contribution is 6.33. The Morgan fingerprint density at radius 1 is 1.00 bits per heavy atom. The first-order chi connectivity index (χ1) is 13.3. The number of hydrogen-bond donors (Lipinski definition) is 1. The summed E-state index contributed by atoms with van der Waals surface area (Å²) in [6, 6.07) is 15.4. The first-order valence-corrected chi connectivity index (χ1v) is 9.84. The maximum atomic E-state index is 13.0. The van der Waals surface area contributed by atoms with E-state index in [1.54, 1.807) is 43.0 Å². The molecule has 1 aliphatic heterocycles. The van der Waals surface area contributed by atoms with Gasteiger partial charge in [-0.15, -0.1) is 0 Å². The van der Waals surface area contributed by atoms with E-state index < -0.39 is 5.41 Å². The summed E-state index contributed by atoms with van der Waals surface area (Å²) < 4.78 is 0. The highest BCUT2D eigenvalue weighted by Crippen LogP contribution is 2.27. The molecule has 6 heteroatoms. The first kappa shape index (κ1) is 20.2. The number of carbonyl (C=O) groups excluding carboxylic acids is 2. The van der Waals surface area contributed by atoms with Crippen molar-refractivity contribution in [3.05, 3.63) is 59.1 Å². The van der Waals surface area contributed by atoms with Crippen LogP contribution in [0.25, 0.3) is 0 Å². The van der Waals surface area contributed by atoms with Gasteiger partial charge in [-0.1, -0.05) is 35.9 Å². The molecule has 0 spiro atoms. The largest absolute Gasteiger partial charge is 0.368 e. The molecule has 0 bridgehead atoms. The molecule has 0 atom stereocenters. The van der Waals surface area contributed by atoms with E-state index in [0.29, 0.717) is 23.8 Å². The molecule has 1 heterocycles. The van der Waals surface area contributed by atoms with Gasteiger partial charge in [-0.2, -0.15) is 0 Å². The number of anilines is 2. The van der Waals surface area contributed by atoms with Gasteiger partial charge in [0, 0.05) is 31.9 Å². The number of rotatable bonds is 4. The third-order valence-corrected chi connectivity index (χ3v) is 5.49. The highest BCUT2D eigenvalue weighted by atomic mass is 35.5. The molecule has 148 valence electrons. The van der Waals surface area contributed by atoms with Crippen molar-refractivity contribution in [1.82, 2.24) is 4.90 Å². The number of amides is 2. The van der Waals surface area contributed by atoms with Gasteiger partial charge in [0.15, 0.2) is 0 Å². The molecular formula is C22H26ClN3O2. The smallest absolute Gasteiger partial charge is 0.239 e. The van der Waals surface area contributed by atoms with Crippen LogP contribution in [0.15, 0.2) is 48.5 Å². The van der Waals surface area contributed by atoms with Crippen LogP contribution in [0, 0.1) is 12.3 Å². The lowest BCUT2D eigenvalue weighted by atomic mass is 9.89. The summed E-state index contributed by atoms with van der Waals surface area (Å²) in [6.07, 6.45) is 0. The third kappa shape index (κ3) is 4.30. The summed E-state index contributed by atoms with van der Waals surface area (Å²) in [6.45, 7) is 8.08. The minimum absolute atomic E-state index is 0.166. The number of para-hydroxylation sites is 1. The van der Waals surface area contributed by atoms with E-state index in [9.17, 15) is 9.59 Å². The van der Waals surface area contributed by atoms with Crippen LogP contribution in [0.2, 0.25) is 5.02 Å². The van der Waals surface area contributed by atoms with Crippen LogP contribution in [0.4, 0.5) is 11.4 Å². The summed E-state index contributed by atoms with van der Waals surface area (Å²) in [5, 5.41) is 3.23. The molecule has 0 unspecified atom stereocenters. The topological polar surface area (TPSA) is 52.7 Å². The van der Waals surface area contributed by atoms with E-state index in [0.717, 1.165) is 13.1 Å². The van der Waals surface area contributed by atoms with Crippen LogP contribution in [0.5, 0.6) is 0 Å². The Bertz CT molecular complexity index is 874.